The summed E-state index contributed by atoms with van der Waals surface area (Å²) in [6, 6.07) is -0.903. The molecule has 104 valence electrons. The van der Waals surface area contributed by atoms with Gasteiger partial charge >= 0.3 is 6.09 Å². The van der Waals surface area contributed by atoms with E-state index in [0.717, 1.165) is 0 Å². The largest absolute Gasteiger partial charge is 0.444 e. The predicted octanol–water partition coefficient (Wildman–Crippen LogP) is 0.864. The molecule has 7 nitrogen and oxygen atoms in total. The normalized spacial score (nSPS) is 22.8. The van der Waals surface area contributed by atoms with Crippen LogP contribution in [-0.4, -0.2) is 46.1 Å². The van der Waals surface area contributed by atoms with Crippen molar-refractivity contribution in [1.29, 1.82) is 0 Å². The van der Waals surface area contributed by atoms with Crippen LogP contribution in [-0.2, 0) is 14.3 Å². The Morgan fingerprint density at radius 2 is 2.00 bits per heavy atom. The van der Waals surface area contributed by atoms with E-state index < -0.39 is 29.4 Å². The van der Waals surface area contributed by atoms with Gasteiger partial charge in [0.1, 0.15) is 17.4 Å². The van der Waals surface area contributed by atoms with E-state index in [-0.39, 0.29) is 6.61 Å². The molecule has 1 aliphatic heterocycles. The van der Waals surface area contributed by atoms with Crippen molar-refractivity contribution in [3.63, 3.8) is 0 Å². The monoisotopic (exact) mass is 260 g/mol. The number of nitrogens with zero attached hydrogens (tertiary/aromatic N) is 1. The van der Waals surface area contributed by atoms with Crippen molar-refractivity contribution in [3.8, 4) is 0 Å². The Labute approximate surface area is 106 Å². The molecular weight excluding hydrogens is 240 g/mol. The fourth-order valence-corrected chi connectivity index (χ4v) is 1.73. The van der Waals surface area contributed by atoms with Crippen molar-refractivity contribution in [1.82, 2.24) is 10.4 Å². The maximum Gasteiger partial charge on any atom is 0.413 e. The van der Waals surface area contributed by atoms with E-state index in [9.17, 15) is 9.59 Å². The second-order valence-electron chi connectivity index (χ2n) is 5.60. The lowest BCUT2D eigenvalue weighted by Gasteiger charge is -2.34. The average molecular weight is 260 g/mol. The summed E-state index contributed by atoms with van der Waals surface area (Å²) in [5.41, 5.74) is -0.105. The predicted molar refractivity (Wildman–Crippen MR) is 61.8 cm³/mol. The number of hydrogen-bond acceptors (Lipinski definition) is 5. The minimum Gasteiger partial charge on any atom is -0.444 e. The average Bonchev–Trinajstić information content (AvgIpc) is 2.50. The first kappa shape index (κ1) is 14.7. The molecule has 0 unspecified atom stereocenters. The van der Waals surface area contributed by atoms with E-state index in [1.165, 1.54) is 10.4 Å². The molecule has 0 aliphatic carbocycles. The summed E-state index contributed by atoms with van der Waals surface area (Å²) in [7, 11) is 0. The summed E-state index contributed by atoms with van der Waals surface area (Å²) in [6.07, 6.45) is -0.654. The minimum absolute atomic E-state index is 0.0125. The van der Waals surface area contributed by atoms with Crippen LogP contribution in [0.1, 0.15) is 34.6 Å². The number of hydroxylamine groups is 1. The number of amides is 2. The molecule has 0 spiro atoms. The zero-order valence-corrected chi connectivity index (χ0v) is 11.3. The number of nitrogens with one attached hydrogen (secondary N) is 1. The highest BCUT2D eigenvalue weighted by molar-refractivity contribution is 5.85. The van der Waals surface area contributed by atoms with Crippen LogP contribution in [0.5, 0.6) is 0 Å². The highest BCUT2D eigenvalue weighted by Gasteiger charge is 2.48. The van der Waals surface area contributed by atoms with Crippen molar-refractivity contribution in [2.75, 3.05) is 6.61 Å². The van der Waals surface area contributed by atoms with E-state index in [2.05, 4.69) is 0 Å². The molecule has 1 aliphatic rings. The molecular formula is C11H20N2O5. The van der Waals surface area contributed by atoms with Crippen molar-refractivity contribution >= 4 is 12.0 Å². The van der Waals surface area contributed by atoms with Crippen LogP contribution in [0.2, 0.25) is 0 Å². The van der Waals surface area contributed by atoms with E-state index in [1.807, 2.05) is 0 Å². The minimum atomic E-state index is -0.959. The molecule has 2 N–H and O–H groups in total. The zero-order valence-electron chi connectivity index (χ0n) is 11.3. The highest BCUT2D eigenvalue weighted by atomic mass is 16.6. The second-order valence-corrected chi connectivity index (χ2v) is 5.60. The number of hydrogen-bond donors (Lipinski definition) is 2. The Morgan fingerprint density at radius 3 is 2.44 bits per heavy atom. The van der Waals surface area contributed by atoms with Gasteiger partial charge in [-0.2, -0.15) is 0 Å². The molecule has 18 heavy (non-hydrogen) atoms. The van der Waals surface area contributed by atoms with Crippen LogP contribution in [0, 0.1) is 0 Å². The number of rotatable bonds is 1. The van der Waals surface area contributed by atoms with Gasteiger partial charge in [0.05, 0.1) is 6.61 Å². The number of carbonyl (C=O) groups is 2. The SMILES string of the molecule is CC(C)(C)OC(=O)N1[C@H](C(=O)NO)COC1(C)C. The Balaban J connectivity index is 2.92. The molecule has 1 rings (SSSR count). The fraction of sp³-hybridized carbons (Fsp3) is 0.818. The second kappa shape index (κ2) is 4.74. The van der Waals surface area contributed by atoms with Gasteiger partial charge in [0.2, 0.25) is 0 Å². The Morgan fingerprint density at radius 1 is 1.44 bits per heavy atom. The third-order valence-electron chi connectivity index (χ3n) is 2.49. The summed E-state index contributed by atoms with van der Waals surface area (Å²) in [4.78, 5) is 24.7. The van der Waals surface area contributed by atoms with Gasteiger partial charge in [0.15, 0.2) is 0 Å². The van der Waals surface area contributed by atoms with Gasteiger partial charge in [-0.15, -0.1) is 0 Å². The lowest BCUT2D eigenvalue weighted by Crippen LogP contribution is -2.54. The summed E-state index contributed by atoms with van der Waals surface area (Å²) in [6.45, 7) is 8.52. The lowest BCUT2D eigenvalue weighted by atomic mass is 10.2. The molecule has 0 radical (unpaired) electrons. The maximum atomic E-state index is 12.1. The molecule has 0 aromatic heterocycles. The van der Waals surface area contributed by atoms with E-state index in [1.54, 1.807) is 34.6 Å². The third-order valence-corrected chi connectivity index (χ3v) is 2.49. The van der Waals surface area contributed by atoms with Crippen molar-refractivity contribution in [3.05, 3.63) is 0 Å². The van der Waals surface area contributed by atoms with Crippen LogP contribution in [0.4, 0.5) is 4.79 Å². The van der Waals surface area contributed by atoms with Crippen LogP contribution in [0.25, 0.3) is 0 Å². The summed E-state index contributed by atoms with van der Waals surface area (Å²) in [5, 5.41) is 8.66. The Bertz CT molecular complexity index is 348. The Hall–Kier alpha value is -1.34. The molecule has 7 heteroatoms. The maximum absolute atomic E-state index is 12.1. The summed E-state index contributed by atoms with van der Waals surface area (Å²) < 4.78 is 10.6. The number of carbonyl (C=O) groups excluding carboxylic acids is 2. The van der Waals surface area contributed by atoms with Gasteiger partial charge in [-0.1, -0.05) is 0 Å². The van der Waals surface area contributed by atoms with Gasteiger partial charge in [0.25, 0.3) is 5.91 Å². The van der Waals surface area contributed by atoms with Gasteiger partial charge in [-0.3, -0.25) is 14.9 Å². The fourth-order valence-electron chi connectivity index (χ4n) is 1.73. The molecule has 2 amide bonds. The smallest absolute Gasteiger partial charge is 0.413 e. The van der Waals surface area contributed by atoms with E-state index in [0.29, 0.717) is 0 Å². The Kier molecular flexibility index (Phi) is 3.87. The van der Waals surface area contributed by atoms with Crippen molar-refractivity contribution in [2.24, 2.45) is 0 Å². The topological polar surface area (TPSA) is 88.1 Å². The van der Waals surface area contributed by atoms with E-state index >= 15 is 0 Å². The number of ether oxygens (including phenoxy) is 2. The van der Waals surface area contributed by atoms with Gasteiger partial charge in [-0.05, 0) is 34.6 Å². The van der Waals surface area contributed by atoms with Crippen LogP contribution < -0.4 is 5.48 Å². The first-order chi connectivity index (χ1) is 8.08. The first-order valence-corrected chi connectivity index (χ1v) is 5.69. The van der Waals surface area contributed by atoms with Gasteiger partial charge in [-0.25, -0.2) is 10.3 Å². The van der Waals surface area contributed by atoms with Gasteiger partial charge < -0.3 is 9.47 Å². The summed E-state index contributed by atoms with van der Waals surface area (Å²) >= 11 is 0. The molecule has 1 heterocycles. The van der Waals surface area contributed by atoms with Crippen LogP contribution in [0.3, 0.4) is 0 Å². The van der Waals surface area contributed by atoms with Crippen molar-refractivity contribution in [2.45, 2.75) is 52.0 Å². The highest BCUT2D eigenvalue weighted by Crippen LogP contribution is 2.29. The zero-order chi connectivity index (χ0) is 14.1. The van der Waals surface area contributed by atoms with Gasteiger partial charge in [0, 0.05) is 0 Å². The standard InChI is InChI=1S/C11H20N2O5/c1-10(2,3)18-9(15)13-7(8(14)12-16)6-17-11(13,4)5/h7,16H,6H2,1-5H3,(H,12,14)/t7-/m0/s1. The molecule has 1 atom stereocenters. The molecule has 1 fully saturated rings. The molecule has 0 aromatic rings. The van der Waals surface area contributed by atoms with Crippen molar-refractivity contribution < 1.29 is 24.3 Å². The summed E-state index contributed by atoms with van der Waals surface area (Å²) in [5.74, 6) is -0.702. The molecule has 0 aromatic carbocycles. The van der Waals surface area contributed by atoms with Crippen LogP contribution in [0.15, 0.2) is 0 Å². The van der Waals surface area contributed by atoms with Crippen LogP contribution >= 0.6 is 0 Å². The first-order valence-electron chi connectivity index (χ1n) is 5.69. The van der Waals surface area contributed by atoms with E-state index in [4.69, 9.17) is 14.7 Å². The lowest BCUT2D eigenvalue weighted by molar-refractivity contribution is -0.134. The molecule has 1 saturated heterocycles. The molecule has 0 bridgehead atoms. The molecule has 0 saturated carbocycles. The third kappa shape index (κ3) is 3.11. The quantitative estimate of drug-likeness (QED) is 0.539.